The summed E-state index contributed by atoms with van der Waals surface area (Å²) in [5.41, 5.74) is 4.68. The van der Waals surface area contributed by atoms with Crippen molar-refractivity contribution in [2.75, 3.05) is 25.1 Å². The minimum atomic E-state index is -1.15. The third-order valence-corrected chi connectivity index (χ3v) is 14.7. The first-order valence-corrected chi connectivity index (χ1v) is 27.7. The van der Waals surface area contributed by atoms with Crippen molar-refractivity contribution in [1.29, 1.82) is 0 Å². The fourth-order valence-corrected chi connectivity index (χ4v) is 10.5. The lowest BCUT2D eigenvalue weighted by Crippen LogP contribution is -2.40. The van der Waals surface area contributed by atoms with Crippen molar-refractivity contribution in [3.8, 4) is 11.5 Å². The fraction of sp³-hybridized carbons (Fsp3) is 0.565. The summed E-state index contributed by atoms with van der Waals surface area (Å²) in [6.07, 6.45) is 34.4. The van der Waals surface area contributed by atoms with Gasteiger partial charge in [-0.25, -0.2) is 0 Å². The smallest absolute Gasteiger partial charge is 0.209 e. The minimum Gasteiger partial charge on any atom is -0.508 e. The van der Waals surface area contributed by atoms with E-state index in [-0.39, 0.29) is 34.8 Å². The molecule has 3 aromatic rings. The number of carbonyl (C=O) groups excluding carboxylic acids is 2. The molecule has 8 nitrogen and oxygen atoms in total. The van der Waals surface area contributed by atoms with Crippen LogP contribution in [0.3, 0.4) is 0 Å². The summed E-state index contributed by atoms with van der Waals surface area (Å²) in [5.74, 6) is -0.588. The molecular formula is C62H89N2O6+. The van der Waals surface area contributed by atoms with Gasteiger partial charge in [0.1, 0.15) is 23.2 Å². The van der Waals surface area contributed by atoms with E-state index in [9.17, 15) is 24.9 Å². The third-order valence-electron chi connectivity index (χ3n) is 14.7. The maximum Gasteiger partial charge on any atom is 0.209 e. The number of ketones is 2. The summed E-state index contributed by atoms with van der Waals surface area (Å²) in [4.78, 5) is 30.5. The van der Waals surface area contributed by atoms with Gasteiger partial charge in [0, 0.05) is 65.3 Å². The molecule has 0 radical (unpaired) electrons. The number of Topliss-reactive ketones (excluding diaryl/α,β-unsaturated/α-hetero) is 2. The van der Waals surface area contributed by atoms with Crippen LogP contribution < -0.4 is 9.64 Å². The van der Waals surface area contributed by atoms with Crippen LogP contribution in [0.25, 0.3) is 0 Å². The van der Waals surface area contributed by atoms with E-state index >= 15 is 0 Å². The molecule has 3 aromatic carbocycles. The number of unbranched alkanes of at least 4 members (excludes halogenated alkanes) is 16. The Morgan fingerprint density at radius 2 is 1.16 bits per heavy atom. The van der Waals surface area contributed by atoms with Gasteiger partial charge in [-0.05, 0) is 61.4 Å². The van der Waals surface area contributed by atoms with Gasteiger partial charge < -0.3 is 25.0 Å². The Bertz CT molecular complexity index is 2200. The number of hydrogen-bond donors (Lipinski definition) is 3. The highest BCUT2D eigenvalue weighted by Crippen LogP contribution is 2.44. The highest BCUT2D eigenvalue weighted by molar-refractivity contribution is 6.42. The SMILES string of the molecule is CCCCCCCCC(CCCCCC)CN(c1cccc(OC)c1)c1ccc(C2C(=O)C(=C3C=CC(=[N+](CC(CCCCCC)CCCCCCCC)c4cccc(CO)c4)C=C3O)C2=O)c(O)c1. The van der Waals surface area contributed by atoms with Gasteiger partial charge in [-0.15, -0.1) is 0 Å². The van der Waals surface area contributed by atoms with Crippen LogP contribution in [0.15, 0.2) is 102 Å². The molecule has 0 aliphatic heterocycles. The van der Waals surface area contributed by atoms with Crippen molar-refractivity contribution in [1.82, 2.24) is 0 Å². The molecule has 0 spiro atoms. The van der Waals surface area contributed by atoms with E-state index < -0.39 is 17.5 Å². The summed E-state index contributed by atoms with van der Waals surface area (Å²) < 4.78 is 7.87. The van der Waals surface area contributed by atoms with Gasteiger partial charge in [-0.1, -0.05) is 180 Å². The largest absolute Gasteiger partial charge is 0.508 e. The lowest BCUT2D eigenvalue weighted by molar-refractivity contribution is -0.449. The van der Waals surface area contributed by atoms with E-state index in [2.05, 4.69) is 43.2 Å². The maximum atomic E-state index is 14.1. The number of anilines is 2. The Morgan fingerprint density at radius 3 is 1.71 bits per heavy atom. The molecule has 1 saturated carbocycles. The molecular weight excluding hydrogens is 869 g/mol. The topological polar surface area (TPSA) is 110 Å². The van der Waals surface area contributed by atoms with E-state index in [0.29, 0.717) is 11.8 Å². The number of phenols is 1. The second-order valence-electron chi connectivity index (χ2n) is 20.3. The predicted octanol–water partition coefficient (Wildman–Crippen LogP) is 16.0. The number of ether oxygens (including phenoxy) is 1. The van der Waals surface area contributed by atoms with Crippen molar-refractivity contribution in [2.24, 2.45) is 11.8 Å². The molecule has 8 heteroatoms. The summed E-state index contributed by atoms with van der Waals surface area (Å²) >= 11 is 0. The van der Waals surface area contributed by atoms with Crippen LogP contribution in [0, 0.1) is 11.8 Å². The molecule has 2 aliphatic carbocycles. The maximum absolute atomic E-state index is 14.1. The van der Waals surface area contributed by atoms with Gasteiger partial charge in [-0.3, -0.25) is 9.59 Å². The number of phenolic OH excluding ortho intramolecular Hbond substituents is 1. The first kappa shape index (κ1) is 56.0. The number of carbonyl (C=O) groups is 2. The lowest BCUT2D eigenvalue weighted by atomic mass is 9.70. The monoisotopic (exact) mass is 958 g/mol. The van der Waals surface area contributed by atoms with E-state index in [0.717, 1.165) is 72.9 Å². The molecule has 3 N–H and O–H groups in total. The van der Waals surface area contributed by atoms with Crippen molar-refractivity contribution in [2.45, 2.75) is 194 Å². The number of hydrogen-bond acceptors (Lipinski definition) is 7. The summed E-state index contributed by atoms with van der Waals surface area (Å²) in [6.45, 7) is 10.4. The van der Waals surface area contributed by atoms with Crippen LogP contribution in [0.4, 0.5) is 17.1 Å². The van der Waals surface area contributed by atoms with Crippen molar-refractivity contribution >= 4 is 34.3 Å². The normalized spacial score (nSPS) is 16.3. The molecule has 2 aliphatic rings. The zero-order valence-electron chi connectivity index (χ0n) is 43.9. The van der Waals surface area contributed by atoms with Gasteiger partial charge in [-0.2, -0.15) is 4.58 Å². The highest BCUT2D eigenvalue weighted by atomic mass is 16.5. The Kier molecular flexibility index (Phi) is 24.6. The first-order valence-electron chi connectivity index (χ1n) is 27.7. The Morgan fingerprint density at radius 1 is 0.614 bits per heavy atom. The van der Waals surface area contributed by atoms with E-state index in [1.165, 1.54) is 128 Å². The standard InChI is InChI=1S/C62H88N2O6/c1-6-10-14-18-20-24-30-47(28-22-16-12-8-3)44-63(50-33-26-32-49(40-50)46-65)52-36-38-55(57(66)42-52)59-61(68)60(62(59)69)56-39-37-53(43-58(56)67)64(51-34-27-35-54(41-51)70-5)45-48(29-23-17-13-9-4)31-25-21-19-15-11-7-2/h26-27,32-43,47-48,60,65,67H,6-25,28-31,44-46H2,1-5H3/p+1. The average Bonchev–Trinajstić information content (AvgIpc) is 3.37. The highest BCUT2D eigenvalue weighted by Gasteiger charge is 2.48. The molecule has 5 rings (SSSR count). The molecule has 0 heterocycles. The lowest BCUT2D eigenvalue weighted by Gasteiger charge is -2.32. The van der Waals surface area contributed by atoms with Crippen molar-refractivity contribution in [3.63, 3.8) is 0 Å². The predicted molar refractivity (Wildman–Crippen MR) is 290 cm³/mol. The van der Waals surface area contributed by atoms with Crippen LogP contribution >= 0.6 is 0 Å². The van der Waals surface area contributed by atoms with E-state index in [1.807, 2.05) is 54.6 Å². The Hall–Kier alpha value is -4.95. The second kappa shape index (κ2) is 30.7. The number of nitrogens with zero attached hydrogens (tertiary/aromatic N) is 2. The number of aromatic hydroxyl groups is 1. The summed E-state index contributed by atoms with van der Waals surface area (Å²) in [6, 6.07) is 21.3. The molecule has 0 bridgehead atoms. The zero-order chi connectivity index (χ0) is 50.1. The van der Waals surface area contributed by atoms with E-state index in [1.54, 1.807) is 31.4 Å². The molecule has 1 fully saturated rings. The molecule has 382 valence electrons. The number of methoxy groups -OCH3 is 1. The summed E-state index contributed by atoms with van der Waals surface area (Å²) in [7, 11) is 1.67. The molecule has 2 atom stereocenters. The second-order valence-corrected chi connectivity index (χ2v) is 20.3. The third kappa shape index (κ3) is 16.6. The minimum absolute atomic E-state index is 0.0400. The van der Waals surface area contributed by atoms with Crippen LogP contribution in [0.5, 0.6) is 11.5 Å². The van der Waals surface area contributed by atoms with Crippen LogP contribution in [-0.4, -0.2) is 57.4 Å². The van der Waals surface area contributed by atoms with Gasteiger partial charge in [0.15, 0.2) is 18.1 Å². The molecule has 2 unspecified atom stereocenters. The molecule has 0 amide bonds. The summed E-state index contributed by atoms with van der Waals surface area (Å²) in [5, 5.41) is 33.5. The number of aliphatic hydroxyl groups excluding tert-OH is 2. The zero-order valence-corrected chi connectivity index (χ0v) is 43.9. The van der Waals surface area contributed by atoms with Gasteiger partial charge in [0.25, 0.3) is 0 Å². The van der Waals surface area contributed by atoms with Crippen LogP contribution in [-0.2, 0) is 16.2 Å². The number of rotatable bonds is 34. The quantitative estimate of drug-likeness (QED) is 0.0180. The van der Waals surface area contributed by atoms with Crippen molar-refractivity contribution in [3.05, 3.63) is 113 Å². The van der Waals surface area contributed by atoms with Crippen molar-refractivity contribution < 1.29 is 34.2 Å². The number of aliphatic hydroxyl groups is 2. The van der Waals surface area contributed by atoms with Gasteiger partial charge in [0.05, 0.1) is 25.4 Å². The van der Waals surface area contributed by atoms with E-state index in [4.69, 9.17) is 4.74 Å². The molecule has 70 heavy (non-hydrogen) atoms. The molecule has 0 saturated heterocycles. The average molecular weight is 958 g/mol. The van der Waals surface area contributed by atoms with Crippen LogP contribution in [0.2, 0.25) is 0 Å². The van der Waals surface area contributed by atoms with Crippen LogP contribution in [0.1, 0.15) is 199 Å². The first-order chi connectivity index (χ1) is 34.2. The Labute approximate surface area is 422 Å². The Balaban J connectivity index is 1.41. The van der Waals surface area contributed by atoms with Gasteiger partial charge in [0.2, 0.25) is 11.4 Å². The number of allylic oxidation sites excluding steroid dienone is 4. The fourth-order valence-electron chi connectivity index (χ4n) is 10.5. The molecule has 0 aromatic heterocycles. The number of benzene rings is 3. The van der Waals surface area contributed by atoms with Gasteiger partial charge >= 0.3 is 0 Å².